The van der Waals surface area contributed by atoms with Crippen molar-refractivity contribution in [2.75, 3.05) is 5.32 Å². The fraction of sp³-hybridized carbons (Fsp3) is 0.286. The van der Waals surface area contributed by atoms with E-state index in [1.54, 1.807) is 30.6 Å². The standard InChI is InChI=1S/C14H16FN3O/c1-3-10(2)14(19)17-11-5-6-13(12(15)9-11)18-8-4-7-16-18/h4-10H,3H2,1-2H3,(H,17,19). The summed E-state index contributed by atoms with van der Waals surface area (Å²) in [5, 5.41) is 6.67. The van der Waals surface area contributed by atoms with E-state index in [0.29, 0.717) is 11.4 Å². The van der Waals surface area contributed by atoms with Crippen molar-refractivity contribution < 1.29 is 9.18 Å². The molecule has 0 aliphatic rings. The highest BCUT2D eigenvalue weighted by molar-refractivity contribution is 5.92. The van der Waals surface area contributed by atoms with Crippen molar-refractivity contribution in [2.24, 2.45) is 5.92 Å². The van der Waals surface area contributed by atoms with Gasteiger partial charge < -0.3 is 5.32 Å². The number of rotatable bonds is 4. The molecule has 1 aromatic heterocycles. The number of hydrogen-bond donors (Lipinski definition) is 1. The first kappa shape index (κ1) is 13.3. The monoisotopic (exact) mass is 261 g/mol. The smallest absolute Gasteiger partial charge is 0.227 e. The van der Waals surface area contributed by atoms with Gasteiger partial charge in [0.1, 0.15) is 5.69 Å². The molecule has 0 bridgehead atoms. The molecule has 5 heteroatoms. The maximum Gasteiger partial charge on any atom is 0.227 e. The Morgan fingerprint density at radius 2 is 2.32 bits per heavy atom. The van der Waals surface area contributed by atoms with Gasteiger partial charge in [0.05, 0.1) is 0 Å². The molecule has 1 heterocycles. The average Bonchev–Trinajstić information content (AvgIpc) is 2.91. The van der Waals surface area contributed by atoms with Gasteiger partial charge in [0.25, 0.3) is 0 Å². The van der Waals surface area contributed by atoms with Gasteiger partial charge in [0.2, 0.25) is 5.91 Å². The molecule has 0 fully saturated rings. The van der Waals surface area contributed by atoms with Gasteiger partial charge in [-0.1, -0.05) is 13.8 Å². The summed E-state index contributed by atoms with van der Waals surface area (Å²) in [5.41, 5.74) is 0.810. The van der Waals surface area contributed by atoms with Gasteiger partial charge in [-0.05, 0) is 30.7 Å². The third-order valence-electron chi connectivity index (χ3n) is 3.03. The predicted molar refractivity (Wildman–Crippen MR) is 71.6 cm³/mol. The Hall–Kier alpha value is -2.17. The molecule has 4 nitrogen and oxygen atoms in total. The number of carbonyl (C=O) groups excluding carboxylic acids is 1. The molecule has 0 aliphatic heterocycles. The molecule has 100 valence electrons. The maximum absolute atomic E-state index is 13.9. The number of anilines is 1. The Morgan fingerprint density at radius 3 is 2.89 bits per heavy atom. The lowest BCUT2D eigenvalue weighted by molar-refractivity contribution is -0.119. The second kappa shape index (κ2) is 5.65. The van der Waals surface area contributed by atoms with Crippen LogP contribution >= 0.6 is 0 Å². The summed E-state index contributed by atoms with van der Waals surface area (Å²) in [4.78, 5) is 11.7. The third-order valence-corrected chi connectivity index (χ3v) is 3.03. The predicted octanol–water partition coefficient (Wildman–Crippen LogP) is 3.00. The van der Waals surface area contributed by atoms with Crippen molar-refractivity contribution in [3.8, 4) is 5.69 Å². The van der Waals surface area contributed by atoms with Crippen molar-refractivity contribution in [2.45, 2.75) is 20.3 Å². The summed E-state index contributed by atoms with van der Waals surface area (Å²) < 4.78 is 15.4. The highest BCUT2D eigenvalue weighted by Crippen LogP contribution is 2.18. The second-order valence-electron chi connectivity index (χ2n) is 4.42. The van der Waals surface area contributed by atoms with Gasteiger partial charge in [-0.15, -0.1) is 0 Å². The summed E-state index contributed by atoms with van der Waals surface area (Å²) in [7, 11) is 0. The van der Waals surface area contributed by atoms with Crippen LogP contribution in [-0.4, -0.2) is 15.7 Å². The molecule has 0 spiro atoms. The SMILES string of the molecule is CCC(C)C(=O)Nc1ccc(-n2cccn2)c(F)c1. The fourth-order valence-electron chi connectivity index (χ4n) is 1.63. The lowest BCUT2D eigenvalue weighted by atomic mass is 10.1. The number of halogens is 1. The Kier molecular flexibility index (Phi) is 3.94. The molecular weight excluding hydrogens is 245 g/mol. The molecule has 2 aromatic rings. The summed E-state index contributed by atoms with van der Waals surface area (Å²) in [6.07, 6.45) is 3.99. The first-order valence-corrected chi connectivity index (χ1v) is 6.22. The quantitative estimate of drug-likeness (QED) is 0.919. The largest absolute Gasteiger partial charge is 0.326 e. The van der Waals surface area contributed by atoms with Crippen LogP contribution in [0.25, 0.3) is 5.69 Å². The van der Waals surface area contributed by atoms with Crippen molar-refractivity contribution in [3.05, 3.63) is 42.5 Å². The highest BCUT2D eigenvalue weighted by Gasteiger charge is 2.12. The summed E-state index contributed by atoms with van der Waals surface area (Å²) in [6, 6.07) is 6.28. The third kappa shape index (κ3) is 2.99. The van der Waals surface area contributed by atoms with Crippen LogP contribution in [0.2, 0.25) is 0 Å². The van der Waals surface area contributed by atoms with E-state index < -0.39 is 5.82 Å². The fourth-order valence-corrected chi connectivity index (χ4v) is 1.63. The van der Waals surface area contributed by atoms with Crippen LogP contribution in [0, 0.1) is 11.7 Å². The van der Waals surface area contributed by atoms with Crippen molar-refractivity contribution in [1.29, 1.82) is 0 Å². The van der Waals surface area contributed by atoms with Crippen molar-refractivity contribution in [1.82, 2.24) is 9.78 Å². The summed E-state index contributed by atoms with van der Waals surface area (Å²) in [5.74, 6) is -0.617. The van der Waals surface area contributed by atoms with Gasteiger partial charge in [-0.25, -0.2) is 9.07 Å². The van der Waals surface area contributed by atoms with E-state index in [0.717, 1.165) is 6.42 Å². The minimum Gasteiger partial charge on any atom is -0.326 e. The van der Waals surface area contributed by atoms with E-state index in [2.05, 4.69) is 10.4 Å². The maximum atomic E-state index is 13.9. The van der Waals surface area contributed by atoms with Crippen molar-refractivity contribution in [3.63, 3.8) is 0 Å². The summed E-state index contributed by atoms with van der Waals surface area (Å²) >= 11 is 0. The number of aromatic nitrogens is 2. The molecule has 1 amide bonds. The zero-order valence-corrected chi connectivity index (χ0v) is 10.9. The van der Waals surface area contributed by atoms with Crippen LogP contribution in [0.3, 0.4) is 0 Å². The lowest BCUT2D eigenvalue weighted by Gasteiger charge is -2.11. The number of nitrogens with one attached hydrogen (secondary N) is 1. The van der Waals surface area contributed by atoms with E-state index >= 15 is 0 Å². The van der Waals surface area contributed by atoms with Crippen LogP contribution in [0.4, 0.5) is 10.1 Å². The Morgan fingerprint density at radius 1 is 1.53 bits per heavy atom. The highest BCUT2D eigenvalue weighted by atomic mass is 19.1. The molecule has 0 saturated heterocycles. The van der Waals surface area contributed by atoms with Crippen LogP contribution in [0.5, 0.6) is 0 Å². The van der Waals surface area contributed by atoms with Crippen LogP contribution in [-0.2, 0) is 4.79 Å². The Balaban J connectivity index is 2.18. The van der Waals surface area contributed by atoms with Crippen LogP contribution in [0.1, 0.15) is 20.3 Å². The zero-order valence-electron chi connectivity index (χ0n) is 10.9. The van der Waals surface area contributed by atoms with E-state index in [9.17, 15) is 9.18 Å². The number of carbonyl (C=O) groups is 1. The lowest BCUT2D eigenvalue weighted by Crippen LogP contribution is -2.19. The Labute approximate surface area is 111 Å². The molecular formula is C14H16FN3O. The summed E-state index contributed by atoms with van der Waals surface area (Å²) in [6.45, 7) is 3.77. The molecule has 0 radical (unpaired) electrons. The van der Waals surface area contributed by atoms with Crippen molar-refractivity contribution >= 4 is 11.6 Å². The average molecular weight is 261 g/mol. The van der Waals surface area contributed by atoms with Gasteiger partial charge in [0.15, 0.2) is 5.82 Å². The van der Waals surface area contributed by atoms with E-state index in [-0.39, 0.29) is 11.8 Å². The van der Waals surface area contributed by atoms with E-state index in [4.69, 9.17) is 0 Å². The van der Waals surface area contributed by atoms with E-state index in [1.807, 2.05) is 13.8 Å². The van der Waals surface area contributed by atoms with Crippen LogP contribution in [0.15, 0.2) is 36.7 Å². The number of hydrogen-bond acceptors (Lipinski definition) is 2. The normalized spacial score (nSPS) is 12.2. The molecule has 1 atom stereocenters. The minimum atomic E-state index is -0.425. The number of nitrogens with zero attached hydrogens (tertiary/aromatic N) is 2. The first-order chi connectivity index (χ1) is 9.11. The van der Waals surface area contributed by atoms with Gasteiger partial charge in [-0.3, -0.25) is 4.79 Å². The molecule has 1 aromatic carbocycles. The zero-order chi connectivity index (χ0) is 13.8. The van der Waals surface area contributed by atoms with Gasteiger partial charge in [0, 0.05) is 24.0 Å². The minimum absolute atomic E-state index is 0.0890. The number of benzene rings is 1. The molecule has 0 aliphatic carbocycles. The molecule has 1 unspecified atom stereocenters. The van der Waals surface area contributed by atoms with Gasteiger partial charge in [-0.2, -0.15) is 5.10 Å². The second-order valence-corrected chi connectivity index (χ2v) is 4.42. The molecule has 19 heavy (non-hydrogen) atoms. The topological polar surface area (TPSA) is 46.9 Å². The van der Waals surface area contributed by atoms with Crippen LogP contribution < -0.4 is 5.32 Å². The van der Waals surface area contributed by atoms with E-state index in [1.165, 1.54) is 10.7 Å². The number of amides is 1. The first-order valence-electron chi connectivity index (χ1n) is 6.22. The van der Waals surface area contributed by atoms with Gasteiger partial charge >= 0.3 is 0 Å². The molecule has 1 N–H and O–H groups in total. The Bertz CT molecular complexity index is 566. The molecule has 2 rings (SSSR count). The molecule has 0 saturated carbocycles.